The number of ether oxygens (including phenoxy) is 1. The van der Waals surface area contributed by atoms with Crippen LogP contribution in [0, 0.1) is 0 Å². The number of rotatable bonds is 4. The number of hydrogen-bond acceptors (Lipinski definition) is 6. The molecule has 1 aromatic rings. The van der Waals surface area contributed by atoms with E-state index in [1.165, 1.54) is 11.5 Å². The van der Waals surface area contributed by atoms with Crippen LogP contribution in [0.15, 0.2) is 18.5 Å². The molecule has 1 saturated heterocycles. The van der Waals surface area contributed by atoms with Crippen molar-refractivity contribution in [1.82, 2.24) is 10.4 Å². The summed E-state index contributed by atoms with van der Waals surface area (Å²) in [4.78, 5) is 4.18. The molecule has 6 heteroatoms. The summed E-state index contributed by atoms with van der Waals surface area (Å²) in [5.74, 6) is 10.00. The first-order chi connectivity index (χ1) is 8.35. The van der Waals surface area contributed by atoms with Crippen LogP contribution in [0.25, 0.3) is 0 Å². The minimum absolute atomic E-state index is 0.135. The van der Waals surface area contributed by atoms with E-state index in [9.17, 15) is 0 Å². The van der Waals surface area contributed by atoms with E-state index in [-0.39, 0.29) is 6.04 Å². The maximum absolute atomic E-state index is 5.69. The van der Waals surface area contributed by atoms with Gasteiger partial charge in [-0.2, -0.15) is 23.5 Å². The zero-order valence-corrected chi connectivity index (χ0v) is 11.4. The minimum Gasteiger partial charge on any atom is -0.495 e. The highest BCUT2D eigenvalue weighted by Crippen LogP contribution is 2.33. The van der Waals surface area contributed by atoms with E-state index in [0.717, 1.165) is 17.1 Å². The first-order valence-corrected chi connectivity index (χ1v) is 7.70. The van der Waals surface area contributed by atoms with Crippen LogP contribution in [-0.4, -0.2) is 34.6 Å². The average molecular weight is 271 g/mol. The lowest BCUT2D eigenvalue weighted by atomic mass is 10.1. The molecule has 0 spiro atoms. The van der Waals surface area contributed by atoms with Crippen LogP contribution < -0.4 is 16.0 Å². The smallest absolute Gasteiger partial charge is 0.137 e. The number of thioether (sulfide) groups is 2. The van der Waals surface area contributed by atoms with Crippen molar-refractivity contribution >= 4 is 23.5 Å². The third-order valence-electron chi connectivity index (χ3n) is 2.72. The van der Waals surface area contributed by atoms with Crippen molar-refractivity contribution in [3.8, 4) is 5.75 Å². The molecule has 0 amide bonds. The number of methoxy groups -OCH3 is 1. The molecule has 2 heterocycles. The lowest BCUT2D eigenvalue weighted by molar-refractivity contribution is 0.410. The van der Waals surface area contributed by atoms with Crippen molar-refractivity contribution in [3.05, 3.63) is 24.0 Å². The molecular formula is C11H17N3OS2. The Bertz CT molecular complexity index is 358. The van der Waals surface area contributed by atoms with Crippen molar-refractivity contribution in [2.75, 3.05) is 24.4 Å². The van der Waals surface area contributed by atoms with E-state index >= 15 is 0 Å². The van der Waals surface area contributed by atoms with E-state index in [1.54, 1.807) is 13.3 Å². The summed E-state index contributed by atoms with van der Waals surface area (Å²) in [6, 6.07) is 2.13. The second kappa shape index (κ2) is 6.49. The lowest BCUT2D eigenvalue weighted by Gasteiger charge is -2.29. The monoisotopic (exact) mass is 271 g/mol. The Labute approximate surface area is 110 Å². The van der Waals surface area contributed by atoms with Gasteiger partial charge in [-0.15, -0.1) is 0 Å². The van der Waals surface area contributed by atoms with E-state index in [1.807, 2.05) is 35.8 Å². The standard InChI is InChI=1S/C11H17N3OS2/c1-15-9-4-8(5-13-6-9)11(14-12)10-7-16-2-3-17-10/h4-6,10-11,14H,2-3,7,12H2,1H3. The third-order valence-corrected chi connectivity index (χ3v) is 5.59. The summed E-state index contributed by atoms with van der Waals surface area (Å²) >= 11 is 3.96. The van der Waals surface area contributed by atoms with Crippen LogP contribution in [0.5, 0.6) is 5.75 Å². The Balaban J connectivity index is 2.15. The van der Waals surface area contributed by atoms with Crippen LogP contribution in [0.2, 0.25) is 0 Å². The number of pyridine rings is 1. The summed E-state index contributed by atoms with van der Waals surface area (Å²) in [6.07, 6.45) is 3.56. The number of hydrogen-bond donors (Lipinski definition) is 2. The fraction of sp³-hybridized carbons (Fsp3) is 0.545. The van der Waals surface area contributed by atoms with E-state index in [0.29, 0.717) is 5.25 Å². The molecule has 1 fully saturated rings. The van der Waals surface area contributed by atoms with Gasteiger partial charge >= 0.3 is 0 Å². The number of aromatic nitrogens is 1. The molecule has 2 rings (SSSR count). The van der Waals surface area contributed by atoms with Gasteiger partial charge in [-0.05, 0) is 11.6 Å². The van der Waals surface area contributed by atoms with Crippen molar-refractivity contribution < 1.29 is 4.74 Å². The van der Waals surface area contributed by atoms with Gasteiger partial charge in [0.15, 0.2) is 0 Å². The van der Waals surface area contributed by atoms with Crippen molar-refractivity contribution in [1.29, 1.82) is 0 Å². The van der Waals surface area contributed by atoms with Gasteiger partial charge in [0.1, 0.15) is 5.75 Å². The van der Waals surface area contributed by atoms with Gasteiger partial charge in [-0.3, -0.25) is 16.3 Å². The molecule has 0 bridgehead atoms. The van der Waals surface area contributed by atoms with Crippen molar-refractivity contribution in [2.45, 2.75) is 11.3 Å². The Morgan fingerprint density at radius 1 is 1.53 bits per heavy atom. The molecule has 1 aliphatic heterocycles. The van der Waals surface area contributed by atoms with Crippen LogP contribution >= 0.6 is 23.5 Å². The molecule has 2 unspecified atom stereocenters. The van der Waals surface area contributed by atoms with E-state index in [2.05, 4.69) is 10.4 Å². The van der Waals surface area contributed by atoms with Gasteiger partial charge in [0.25, 0.3) is 0 Å². The zero-order chi connectivity index (χ0) is 12.1. The van der Waals surface area contributed by atoms with Crippen LogP contribution in [-0.2, 0) is 0 Å². The molecule has 0 aliphatic carbocycles. The Kier molecular flexibility index (Phi) is 4.97. The molecule has 17 heavy (non-hydrogen) atoms. The highest BCUT2D eigenvalue weighted by Gasteiger charge is 2.25. The van der Waals surface area contributed by atoms with Gasteiger partial charge in [0, 0.05) is 28.7 Å². The highest BCUT2D eigenvalue weighted by atomic mass is 32.2. The second-order valence-corrected chi connectivity index (χ2v) is 6.28. The molecular weight excluding hydrogens is 254 g/mol. The van der Waals surface area contributed by atoms with Crippen LogP contribution in [0.1, 0.15) is 11.6 Å². The quantitative estimate of drug-likeness (QED) is 0.638. The summed E-state index contributed by atoms with van der Waals surface area (Å²) in [5.41, 5.74) is 4.00. The Morgan fingerprint density at radius 2 is 2.41 bits per heavy atom. The van der Waals surface area contributed by atoms with Crippen molar-refractivity contribution in [2.24, 2.45) is 5.84 Å². The van der Waals surface area contributed by atoms with Gasteiger partial charge in [0.2, 0.25) is 0 Å². The highest BCUT2D eigenvalue weighted by molar-refractivity contribution is 8.06. The first-order valence-electron chi connectivity index (χ1n) is 5.49. The van der Waals surface area contributed by atoms with Gasteiger partial charge in [-0.1, -0.05) is 0 Å². The summed E-state index contributed by atoms with van der Waals surface area (Å²) < 4.78 is 5.19. The maximum atomic E-state index is 5.69. The number of nitrogens with zero attached hydrogens (tertiary/aromatic N) is 1. The lowest BCUT2D eigenvalue weighted by Crippen LogP contribution is -2.37. The molecule has 0 radical (unpaired) electrons. The Morgan fingerprint density at radius 3 is 3.06 bits per heavy atom. The van der Waals surface area contributed by atoms with Gasteiger partial charge < -0.3 is 4.74 Å². The Hall–Kier alpha value is -0.430. The fourth-order valence-corrected chi connectivity index (χ4v) is 4.69. The molecule has 3 N–H and O–H groups in total. The van der Waals surface area contributed by atoms with Crippen LogP contribution in [0.3, 0.4) is 0 Å². The van der Waals surface area contributed by atoms with Crippen LogP contribution in [0.4, 0.5) is 0 Å². The molecule has 94 valence electrons. The normalized spacial score (nSPS) is 22.1. The SMILES string of the molecule is COc1cncc(C(NN)C2CSCCS2)c1. The second-order valence-electron chi connectivity index (χ2n) is 3.79. The van der Waals surface area contributed by atoms with E-state index < -0.39 is 0 Å². The summed E-state index contributed by atoms with van der Waals surface area (Å²) in [5, 5.41) is 0.493. The molecule has 0 aromatic carbocycles. The van der Waals surface area contributed by atoms with Crippen molar-refractivity contribution in [3.63, 3.8) is 0 Å². The first kappa shape index (κ1) is 13.0. The van der Waals surface area contributed by atoms with Gasteiger partial charge in [-0.25, -0.2) is 0 Å². The average Bonchev–Trinajstić information content (AvgIpc) is 2.41. The molecule has 1 aromatic heterocycles. The minimum atomic E-state index is 0.135. The fourth-order valence-electron chi connectivity index (χ4n) is 1.83. The number of nitrogens with one attached hydrogen (secondary N) is 1. The maximum Gasteiger partial charge on any atom is 0.137 e. The topological polar surface area (TPSA) is 60.2 Å². The van der Waals surface area contributed by atoms with Gasteiger partial charge in [0.05, 0.1) is 19.3 Å². The molecule has 4 nitrogen and oxygen atoms in total. The molecule has 1 aliphatic rings. The number of nitrogens with two attached hydrogens (primary N) is 1. The van der Waals surface area contributed by atoms with E-state index in [4.69, 9.17) is 10.6 Å². The summed E-state index contributed by atoms with van der Waals surface area (Å²) in [6.45, 7) is 0. The zero-order valence-electron chi connectivity index (χ0n) is 9.76. The predicted molar refractivity (Wildman–Crippen MR) is 74.4 cm³/mol. The molecule has 2 atom stereocenters. The predicted octanol–water partition coefficient (Wildman–Crippen LogP) is 1.44. The summed E-state index contributed by atoms with van der Waals surface area (Å²) in [7, 11) is 1.65. The largest absolute Gasteiger partial charge is 0.495 e. The third kappa shape index (κ3) is 3.28. The molecule has 0 saturated carbocycles. The number of hydrazine groups is 1.